The van der Waals surface area contributed by atoms with Crippen molar-refractivity contribution in [1.82, 2.24) is 10.1 Å². The van der Waals surface area contributed by atoms with Gasteiger partial charge in [-0.15, -0.1) is 0 Å². The smallest absolute Gasteiger partial charge is 0.193 e. The number of pyridine rings is 1. The van der Waals surface area contributed by atoms with E-state index in [-0.39, 0.29) is 11.4 Å². The summed E-state index contributed by atoms with van der Waals surface area (Å²) in [6.45, 7) is 8.04. The Hall–Kier alpha value is -3.85. The van der Waals surface area contributed by atoms with Gasteiger partial charge in [0, 0.05) is 17.2 Å². The zero-order valence-corrected chi connectivity index (χ0v) is 20.1. The van der Waals surface area contributed by atoms with Gasteiger partial charge >= 0.3 is 0 Å². The highest BCUT2D eigenvalue weighted by molar-refractivity contribution is 7.90. The second-order valence-corrected chi connectivity index (χ2v) is 10.2. The molecule has 0 N–H and O–H groups in total. The molecule has 5 rings (SSSR count). The van der Waals surface area contributed by atoms with Gasteiger partial charge < -0.3 is 18.9 Å². The van der Waals surface area contributed by atoms with E-state index in [4.69, 9.17) is 14.0 Å². The van der Waals surface area contributed by atoms with Crippen molar-refractivity contribution in [1.29, 1.82) is 0 Å². The molecular formula is C25H23N3O5S. The van der Waals surface area contributed by atoms with Gasteiger partial charge in [-0.3, -0.25) is 4.98 Å². The first-order chi connectivity index (χ1) is 16.2. The molecule has 1 aliphatic rings. The molecule has 9 heteroatoms. The molecule has 8 nitrogen and oxygen atoms in total. The summed E-state index contributed by atoms with van der Waals surface area (Å²) < 4.78 is 41.7. The second kappa shape index (κ2) is 7.88. The average Bonchev–Trinajstić information content (AvgIpc) is 3.30. The van der Waals surface area contributed by atoms with Crippen LogP contribution in [-0.4, -0.2) is 31.9 Å². The Balaban J connectivity index is 1.68. The maximum Gasteiger partial charge on any atom is 0.193 e. The van der Waals surface area contributed by atoms with Gasteiger partial charge in [0.05, 0.1) is 47.2 Å². The number of fused-ring (bicyclic) bond motifs is 3. The molecule has 0 aliphatic carbocycles. The van der Waals surface area contributed by atoms with E-state index in [0.29, 0.717) is 34.2 Å². The van der Waals surface area contributed by atoms with Crippen molar-refractivity contribution in [3.05, 3.63) is 72.1 Å². The van der Waals surface area contributed by atoms with Crippen molar-refractivity contribution in [2.75, 3.05) is 18.3 Å². The van der Waals surface area contributed by atoms with Crippen LogP contribution in [0.1, 0.15) is 17.0 Å². The molecule has 0 radical (unpaired) electrons. The summed E-state index contributed by atoms with van der Waals surface area (Å²) in [6.07, 6.45) is 2.85. The molecule has 0 bridgehead atoms. The van der Waals surface area contributed by atoms with Crippen LogP contribution < -0.4 is 14.4 Å². The standard InChI is InChI=1S/C25H23N3O5S/c1-14-24(15(2)33-27-14)19-10-20-18(11-21(19)31-4)25-22(12-26-20)32-16(3)28(25)13-17-8-6-7-9-23(17)34(5,29)30/h6-12H,3,13H2,1-2,4-5H3. The van der Waals surface area contributed by atoms with Gasteiger partial charge in [0.15, 0.2) is 21.5 Å². The Kier molecular flexibility index (Phi) is 5.09. The summed E-state index contributed by atoms with van der Waals surface area (Å²) in [5, 5.41) is 4.85. The first-order valence-electron chi connectivity index (χ1n) is 10.5. The molecule has 34 heavy (non-hydrogen) atoms. The number of aromatic nitrogens is 2. The number of aryl methyl sites for hydroxylation is 2. The summed E-state index contributed by atoms with van der Waals surface area (Å²) in [7, 11) is -1.80. The monoisotopic (exact) mass is 477 g/mol. The number of ether oxygens (including phenoxy) is 2. The largest absolute Gasteiger partial charge is 0.496 e. The quantitative estimate of drug-likeness (QED) is 0.405. The maximum atomic E-state index is 12.3. The minimum Gasteiger partial charge on any atom is -0.496 e. The van der Waals surface area contributed by atoms with Crippen LogP contribution in [-0.2, 0) is 16.4 Å². The fourth-order valence-corrected chi connectivity index (χ4v) is 5.35. The molecule has 0 saturated heterocycles. The molecule has 0 amide bonds. The number of hydrogen-bond acceptors (Lipinski definition) is 8. The average molecular weight is 478 g/mol. The van der Waals surface area contributed by atoms with Crippen molar-refractivity contribution < 1.29 is 22.4 Å². The van der Waals surface area contributed by atoms with Gasteiger partial charge in [-0.1, -0.05) is 23.4 Å². The summed E-state index contributed by atoms with van der Waals surface area (Å²) in [6, 6.07) is 10.8. The van der Waals surface area contributed by atoms with E-state index in [1.54, 1.807) is 31.5 Å². The zero-order chi connectivity index (χ0) is 24.2. The van der Waals surface area contributed by atoms with Crippen molar-refractivity contribution in [2.45, 2.75) is 25.3 Å². The SMILES string of the molecule is C=C1Oc2cnc3cc(-c4c(C)noc4C)c(OC)cc3c2N1Cc1ccccc1S(C)(=O)=O. The van der Waals surface area contributed by atoms with E-state index in [1.807, 2.05) is 36.9 Å². The van der Waals surface area contributed by atoms with Crippen LogP contribution in [0.4, 0.5) is 5.69 Å². The van der Waals surface area contributed by atoms with E-state index in [1.165, 1.54) is 6.26 Å². The molecule has 174 valence electrons. The van der Waals surface area contributed by atoms with Gasteiger partial charge in [0.2, 0.25) is 0 Å². The lowest BCUT2D eigenvalue weighted by molar-refractivity contribution is 0.393. The predicted octanol–water partition coefficient (Wildman–Crippen LogP) is 4.79. The molecule has 2 aromatic carbocycles. The van der Waals surface area contributed by atoms with Gasteiger partial charge in [0.25, 0.3) is 0 Å². The Morgan fingerprint density at radius 3 is 2.62 bits per heavy atom. The molecule has 1 aliphatic heterocycles. The minimum atomic E-state index is -3.41. The number of hydrogen-bond donors (Lipinski definition) is 0. The van der Waals surface area contributed by atoms with E-state index in [2.05, 4.69) is 16.7 Å². The first-order valence-corrected chi connectivity index (χ1v) is 12.4. The van der Waals surface area contributed by atoms with Crippen LogP contribution in [0.25, 0.3) is 22.0 Å². The lowest BCUT2D eigenvalue weighted by Gasteiger charge is -2.21. The topological polar surface area (TPSA) is 94.8 Å². The van der Waals surface area contributed by atoms with Crippen LogP contribution in [0.5, 0.6) is 11.5 Å². The van der Waals surface area contributed by atoms with E-state index < -0.39 is 9.84 Å². The van der Waals surface area contributed by atoms with E-state index in [9.17, 15) is 8.42 Å². The normalized spacial score (nSPS) is 13.3. The van der Waals surface area contributed by atoms with Gasteiger partial charge in [-0.05, 0) is 44.2 Å². The number of anilines is 1. The summed E-state index contributed by atoms with van der Waals surface area (Å²) in [5.41, 5.74) is 4.56. The molecule has 0 unspecified atom stereocenters. The van der Waals surface area contributed by atoms with E-state index in [0.717, 1.165) is 27.9 Å². The van der Waals surface area contributed by atoms with Crippen LogP contribution in [0.2, 0.25) is 0 Å². The van der Waals surface area contributed by atoms with Crippen molar-refractivity contribution >= 4 is 26.4 Å². The first kappa shape index (κ1) is 22.0. The van der Waals surface area contributed by atoms with E-state index >= 15 is 0 Å². The number of methoxy groups -OCH3 is 1. The molecule has 2 aromatic heterocycles. The van der Waals surface area contributed by atoms with Crippen molar-refractivity contribution in [2.24, 2.45) is 0 Å². The Morgan fingerprint density at radius 1 is 1.18 bits per heavy atom. The van der Waals surface area contributed by atoms with Crippen LogP contribution in [0.15, 0.2) is 64.5 Å². The predicted molar refractivity (Wildman–Crippen MR) is 129 cm³/mol. The fraction of sp³-hybridized carbons (Fsp3) is 0.200. The molecule has 0 fully saturated rings. The third kappa shape index (κ3) is 3.49. The van der Waals surface area contributed by atoms with Crippen LogP contribution in [0.3, 0.4) is 0 Å². The number of benzene rings is 2. The van der Waals surface area contributed by atoms with Crippen LogP contribution >= 0.6 is 0 Å². The number of sulfone groups is 1. The number of nitrogens with zero attached hydrogens (tertiary/aromatic N) is 3. The third-order valence-electron chi connectivity index (χ3n) is 5.93. The Morgan fingerprint density at radius 2 is 1.94 bits per heavy atom. The zero-order valence-electron chi connectivity index (χ0n) is 19.2. The maximum absolute atomic E-state index is 12.3. The molecule has 3 heterocycles. The van der Waals surface area contributed by atoms with Crippen LogP contribution in [0, 0.1) is 13.8 Å². The van der Waals surface area contributed by atoms with Crippen molar-refractivity contribution in [3.8, 4) is 22.6 Å². The molecule has 0 saturated carbocycles. The van der Waals surface area contributed by atoms with Gasteiger partial charge in [0.1, 0.15) is 11.5 Å². The lowest BCUT2D eigenvalue weighted by atomic mass is 10.00. The summed E-state index contributed by atoms with van der Waals surface area (Å²) in [5.74, 6) is 2.25. The lowest BCUT2D eigenvalue weighted by Crippen LogP contribution is -2.20. The molecule has 0 spiro atoms. The number of rotatable bonds is 5. The minimum absolute atomic E-state index is 0.266. The fourth-order valence-electron chi connectivity index (χ4n) is 4.41. The van der Waals surface area contributed by atoms with Gasteiger partial charge in [-0.2, -0.15) is 0 Å². The van der Waals surface area contributed by atoms with Crippen molar-refractivity contribution in [3.63, 3.8) is 0 Å². The molecular weight excluding hydrogens is 454 g/mol. The summed E-state index contributed by atoms with van der Waals surface area (Å²) in [4.78, 5) is 6.73. The highest BCUT2D eigenvalue weighted by Gasteiger charge is 2.30. The Bertz CT molecular complexity index is 1550. The molecule has 0 atom stereocenters. The second-order valence-electron chi connectivity index (χ2n) is 8.20. The third-order valence-corrected chi connectivity index (χ3v) is 7.13. The van der Waals surface area contributed by atoms with Gasteiger partial charge in [-0.25, -0.2) is 8.42 Å². The Labute approximate surface area is 197 Å². The highest BCUT2D eigenvalue weighted by Crippen LogP contribution is 2.47. The highest BCUT2D eigenvalue weighted by atomic mass is 32.2. The molecule has 4 aromatic rings. The summed E-state index contributed by atoms with van der Waals surface area (Å²) >= 11 is 0.